The van der Waals surface area contributed by atoms with Crippen molar-refractivity contribution >= 4 is 0 Å². The van der Waals surface area contributed by atoms with Crippen LogP contribution in [0.3, 0.4) is 0 Å². The van der Waals surface area contributed by atoms with Crippen molar-refractivity contribution in [2.75, 3.05) is 0 Å². The molecule has 0 heterocycles. The fraction of sp³-hybridized carbons (Fsp3) is 0.333. The van der Waals surface area contributed by atoms with Crippen molar-refractivity contribution in [3.05, 3.63) is 54.1 Å². The lowest BCUT2D eigenvalue weighted by Crippen LogP contribution is -2.22. The minimum absolute atomic E-state index is 0.213. The largest absolute Gasteiger partial charge is 0.573 e. The van der Waals surface area contributed by atoms with Gasteiger partial charge in [-0.15, -0.1) is 13.2 Å². The van der Waals surface area contributed by atoms with E-state index in [1.165, 1.54) is 17.7 Å². The van der Waals surface area contributed by atoms with Gasteiger partial charge in [0, 0.05) is 6.04 Å². The zero-order valence-electron chi connectivity index (χ0n) is 12.5. The van der Waals surface area contributed by atoms with Crippen LogP contribution >= 0.6 is 0 Å². The van der Waals surface area contributed by atoms with Crippen LogP contribution in [0.25, 0.3) is 11.1 Å². The lowest BCUT2D eigenvalue weighted by atomic mass is 9.93. The summed E-state index contributed by atoms with van der Waals surface area (Å²) in [5.41, 5.74) is 9.16. The van der Waals surface area contributed by atoms with Crippen LogP contribution in [0.2, 0.25) is 0 Å². The molecule has 0 saturated heterocycles. The molecule has 1 saturated carbocycles. The summed E-state index contributed by atoms with van der Waals surface area (Å²) < 4.78 is 40.3. The highest BCUT2D eigenvalue weighted by Gasteiger charge is 2.31. The Morgan fingerprint density at radius 1 is 0.870 bits per heavy atom. The maximum atomic E-state index is 12.2. The van der Waals surface area contributed by atoms with Crippen LogP contribution in [0.1, 0.15) is 30.7 Å². The molecule has 2 unspecified atom stereocenters. The summed E-state index contributed by atoms with van der Waals surface area (Å²) in [4.78, 5) is 0. The molecule has 2 nitrogen and oxygen atoms in total. The molecule has 2 aromatic carbocycles. The Hall–Kier alpha value is -2.01. The Labute approximate surface area is 133 Å². The van der Waals surface area contributed by atoms with Crippen LogP contribution in [0.5, 0.6) is 5.75 Å². The third-order valence-corrected chi connectivity index (χ3v) is 4.33. The zero-order chi connectivity index (χ0) is 16.4. The Kier molecular flexibility index (Phi) is 4.31. The van der Waals surface area contributed by atoms with Crippen molar-refractivity contribution in [2.45, 2.75) is 37.6 Å². The van der Waals surface area contributed by atoms with Gasteiger partial charge in [0.15, 0.2) is 0 Å². The van der Waals surface area contributed by atoms with Gasteiger partial charge in [-0.05, 0) is 47.6 Å². The molecular formula is C18H18F3NO. The van der Waals surface area contributed by atoms with Crippen molar-refractivity contribution in [1.82, 2.24) is 0 Å². The van der Waals surface area contributed by atoms with Gasteiger partial charge in [-0.2, -0.15) is 0 Å². The number of hydrogen-bond donors (Lipinski definition) is 1. The fourth-order valence-corrected chi connectivity index (χ4v) is 3.17. The number of ether oxygens (including phenoxy) is 1. The van der Waals surface area contributed by atoms with Crippen LogP contribution in [-0.2, 0) is 0 Å². The standard InChI is InChI=1S/C18H18F3NO/c19-18(20,21)23-15-10-8-13(9-11-15)12-4-6-14(7-5-12)16-2-1-3-17(16)22/h4-11,16-17H,1-3,22H2. The topological polar surface area (TPSA) is 35.2 Å². The van der Waals surface area contributed by atoms with Gasteiger partial charge in [0.1, 0.15) is 5.75 Å². The van der Waals surface area contributed by atoms with Crippen LogP contribution < -0.4 is 10.5 Å². The molecule has 0 radical (unpaired) electrons. The van der Waals surface area contributed by atoms with Crippen LogP contribution in [0.15, 0.2) is 48.5 Å². The van der Waals surface area contributed by atoms with Gasteiger partial charge >= 0.3 is 6.36 Å². The van der Waals surface area contributed by atoms with Gasteiger partial charge in [0.2, 0.25) is 0 Å². The van der Waals surface area contributed by atoms with E-state index in [0.29, 0.717) is 5.92 Å². The van der Waals surface area contributed by atoms with Crippen LogP contribution in [0.4, 0.5) is 13.2 Å². The second-order valence-electron chi connectivity index (χ2n) is 5.90. The molecule has 0 aromatic heterocycles. The molecule has 1 aliphatic carbocycles. The molecule has 2 atom stereocenters. The Bertz CT molecular complexity index is 649. The summed E-state index contributed by atoms with van der Waals surface area (Å²) in [5.74, 6) is 0.196. The van der Waals surface area contributed by atoms with Gasteiger partial charge < -0.3 is 10.5 Å². The minimum Gasteiger partial charge on any atom is -0.406 e. The number of rotatable bonds is 3. The van der Waals surface area contributed by atoms with E-state index in [2.05, 4.69) is 16.9 Å². The number of halogens is 3. The number of nitrogens with two attached hydrogens (primary N) is 1. The molecule has 23 heavy (non-hydrogen) atoms. The van der Waals surface area contributed by atoms with Crippen molar-refractivity contribution in [2.24, 2.45) is 5.73 Å². The van der Waals surface area contributed by atoms with E-state index in [-0.39, 0.29) is 11.8 Å². The molecule has 2 aromatic rings. The van der Waals surface area contributed by atoms with E-state index in [1.807, 2.05) is 12.1 Å². The molecule has 5 heteroatoms. The summed E-state index contributed by atoms with van der Waals surface area (Å²) >= 11 is 0. The molecule has 0 aliphatic heterocycles. The number of alkyl halides is 3. The molecule has 122 valence electrons. The molecule has 3 rings (SSSR count). The van der Waals surface area contributed by atoms with Crippen LogP contribution in [-0.4, -0.2) is 12.4 Å². The smallest absolute Gasteiger partial charge is 0.406 e. The van der Waals surface area contributed by atoms with Crippen LogP contribution in [0, 0.1) is 0 Å². The Morgan fingerprint density at radius 2 is 1.43 bits per heavy atom. The van der Waals surface area contributed by atoms with E-state index in [4.69, 9.17) is 5.73 Å². The fourth-order valence-electron chi connectivity index (χ4n) is 3.17. The first-order valence-electron chi connectivity index (χ1n) is 7.64. The molecule has 0 spiro atoms. The summed E-state index contributed by atoms with van der Waals surface area (Å²) in [6.45, 7) is 0. The van der Waals surface area contributed by atoms with E-state index >= 15 is 0 Å². The third kappa shape index (κ3) is 3.85. The summed E-state index contributed by atoms with van der Waals surface area (Å²) in [6.07, 6.45) is -1.32. The Balaban J connectivity index is 1.74. The van der Waals surface area contributed by atoms with E-state index in [0.717, 1.165) is 30.4 Å². The number of benzene rings is 2. The third-order valence-electron chi connectivity index (χ3n) is 4.33. The highest BCUT2D eigenvalue weighted by molar-refractivity contribution is 5.64. The van der Waals surface area contributed by atoms with Gasteiger partial charge in [-0.25, -0.2) is 0 Å². The molecule has 2 N–H and O–H groups in total. The summed E-state index contributed by atoms with van der Waals surface area (Å²) in [7, 11) is 0. The maximum Gasteiger partial charge on any atom is 0.573 e. The highest BCUT2D eigenvalue weighted by atomic mass is 19.4. The van der Waals surface area contributed by atoms with Gasteiger partial charge in [0.05, 0.1) is 0 Å². The quantitative estimate of drug-likeness (QED) is 0.877. The second kappa shape index (κ2) is 6.24. The normalized spacial score (nSPS) is 21.4. The Morgan fingerprint density at radius 3 is 1.91 bits per heavy atom. The maximum absolute atomic E-state index is 12.2. The average molecular weight is 321 g/mol. The van der Waals surface area contributed by atoms with Crippen molar-refractivity contribution < 1.29 is 17.9 Å². The molecule has 0 bridgehead atoms. The van der Waals surface area contributed by atoms with Crippen molar-refractivity contribution in [1.29, 1.82) is 0 Å². The monoisotopic (exact) mass is 321 g/mol. The highest BCUT2D eigenvalue weighted by Crippen LogP contribution is 2.34. The first-order valence-corrected chi connectivity index (χ1v) is 7.64. The first kappa shape index (κ1) is 15.9. The number of hydrogen-bond acceptors (Lipinski definition) is 2. The van der Waals surface area contributed by atoms with E-state index in [1.54, 1.807) is 12.1 Å². The second-order valence-corrected chi connectivity index (χ2v) is 5.90. The van der Waals surface area contributed by atoms with E-state index < -0.39 is 6.36 Å². The average Bonchev–Trinajstić information content (AvgIpc) is 2.93. The van der Waals surface area contributed by atoms with Gasteiger partial charge in [-0.1, -0.05) is 42.8 Å². The first-order chi connectivity index (χ1) is 10.9. The molecular weight excluding hydrogens is 303 g/mol. The van der Waals surface area contributed by atoms with Gasteiger partial charge in [0.25, 0.3) is 0 Å². The van der Waals surface area contributed by atoms with Crippen molar-refractivity contribution in [3.8, 4) is 16.9 Å². The summed E-state index contributed by atoms with van der Waals surface area (Å²) in [5, 5.41) is 0. The van der Waals surface area contributed by atoms with Gasteiger partial charge in [-0.3, -0.25) is 0 Å². The predicted octanol–water partition coefficient (Wildman–Crippen LogP) is 4.85. The zero-order valence-corrected chi connectivity index (χ0v) is 12.5. The predicted molar refractivity (Wildman–Crippen MR) is 83.1 cm³/mol. The van der Waals surface area contributed by atoms with E-state index in [9.17, 15) is 13.2 Å². The lowest BCUT2D eigenvalue weighted by molar-refractivity contribution is -0.274. The minimum atomic E-state index is -4.66. The summed E-state index contributed by atoms with van der Waals surface area (Å²) in [6, 6.07) is 14.2. The molecule has 1 aliphatic rings. The molecule has 1 fully saturated rings. The lowest BCUT2D eigenvalue weighted by Gasteiger charge is -2.16. The SMILES string of the molecule is NC1CCCC1c1ccc(-c2ccc(OC(F)(F)F)cc2)cc1. The van der Waals surface area contributed by atoms with Crippen molar-refractivity contribution in [3.63, 3.8) is 0 Å². The molecule has 0 amide bonds.